The van der Waals surface area contributed by atoms with E-state index in [1.54, 1.807) is 28.4 Å². The monoisotopic (exact) mass is 304 g/mol. The molecule has 0 aromatic heterocycles. The SMILES string of the molecule is COc1cc(Br)c(C(OC)OC)c(OC)c1C. The molecule has 1 rings (SSSR count). The molecule has 0 N–H and O–H groups in total. The van der Waals surface area contributed by atoms with Crippen LogP contribution in [0.5, 0.6) is 11.5 Å². The second-order valence-electron chi connectivity index (χ2n) is 3.44. The molecule has 0 spiro atoms. The van der Waals surface area contributed by atoms with Crippen LogP contribution < -0.4 is 9.47 Å². The third kappa shape index (κ3) is 2.73. The molecule has 0 bridgehead atoms. The highest BCUT2D eigenvalue weighted by Crippen LogP contribution is 2.41. The van der Waals surface area contributed by atoms with Crippen LogP contribution in [-0.4, -0.2) is 28.4 Å². The van der Waals surface area contributed by atoms with Crippen molar-refractivity contribution >= 4 is 15.9 Å². The minimum Gasteiger partial charge on any atom is -0.496 e. The van der Waals surface area contributed by atoms with Gasteiger partial charge in [-0.3, -0.25) is 0 Å². The van der Waals surface area contributed by atoms with Crippen molar-refractivity contribution in [1.82, 2.24) is 0 Å². The minimum absolute atomic E-state index is 0.482. The molecule has 96 valence electrons. The van der Waals surface area contributed by atoms with E-state index in [-0.39, 0.29) is 0 Å². The number of rotatable bonds is 5. The summed E-state index contributed by atoms with van der Waals surface area (Å²) in [6, 6.07) is 1.87. The summed E-state index contributed by atoms with van der Waals surface area (Å²) in [6.45, 7) is 1.93. The third-order valence-corrected chi connectivity index (χ3v) is 3.21. The van der Waals surface area contributed by atoms with E-state index >= 15 is 0 Å². The Hall–Kier alpha value is -0.780. The van der Waals surface area contributed by atoms with Crippen LogP contribution in [0.2, 0.25) is 0 Å². The first-order valence-electron chi connectivity index (χ1n) is 5.07. The molecule has 4 nitrogen and oxygen atoms in total. The maximum Gasteiger partial charge on any atom is 0.187 e. The Morgan fingerprint density at radius 3 is 2.06 bits per heavy atom. The van der Waals surface area contributed by atoms with Crippen LogP contribution in [0.4, 0.5) is 0 Å². The van der Waals surface area contributed by atoms with Crippen LogP contribution in [0.15, 0.2) is 10.5 Å². The van der Waals surface area contributed by atoms with Crippen LogP contribution in [0, 0.1) is 6.92 Å². The maximum absolute atomic E-state index is 5.41. The number of hydrogen-bond donors (Lipinski definition) is 0. The van der Waals surface area contributed by atoms with Gasteiger partial charge in [-0.1, -0.05) is 15.9 Å². The number of benzene rings is 1. The summed E-state index contributed by atoms with van der Waals surface area (Å²) in [6.07, 6.45) is -0.482. The Bertz CT molecular complexity index is 389. The van der Waals surface area contributed by atoms with Crippen molar-refractivity contribution < 1.29 is 18.9 Å². The normalized spacial score (nSPS) is 10.8. The molecule has 1 aromatic rings. The highest BCUT2D eigenvalue weighted by molar-refractivity contribution is 9.10. The van der Waals surface area contributed by atoms with E-state index in [0.29, 0.717) is 5.75 Å². The van der Waals surface area contributed by atoms with Gasteiger partial charge in [0.1, 0.15) is 11.5 Å². The molecule has 0 amide bonds. The average molecular weight is 305 g/mol. The zero-order valence-electron chi connectivity index (χ0n) is 10.7. The zero-order chi connectivity index (χ0) is 13.0. The van der Waals surface area contributed by atoms with Crippen LogP contribution >= 0.6 is 15.9 Å². The van der Waals surface area contributed by atoms with E-state index in [2.05, 4.69) is 15.9 Å². The van der Waals surface area contributed by atoms with Gasteiger partial charge in [0, 0.05) is 24.3 Å². The van der Waals surface area contributed by atoms with Crippen molar-refractivity contribution in [2.45, 2.75) is 13.2 Å². The highest BCUT2D eigenvalue weighted by Gasteiger charge is 2.22. The second kappa shape index (κ2) is 6.23. The van der Waals surface area contributed by atoms with Gasteiger partial charge < -0.3 is 18.9 Å². The zero-order valence-corrected chi connectivity index (χ0v) is 12.3. The van der Waals surface area contributed by atoms with Crippen molar-refractivity contribution in [2.75, 3.05) is 28.4 Å². The van der Waals surface area contributed by atoms with Crippen LogP contribution in [0.1, 0.15) is 17.4 Å². The van der Waals surface area contributed by atoms with Crippen molar-refractivity contribution in [3.8, 4) is 11.5 Å². The maximum atomic E-state index is 5.41. The van der Waals surface area contributed by atoms with E-state index in [9.17, 15) is 0 Å². The standard InChI is InChI=1S/C12H17BrO4/c1-7-9(14-2)6-8(13)10(11(7)15-3)12(16-4)17-5/h6,12H,1-5H3. The number of halogens is 1. The molecule has 0 fully saturated rings. The molecule has 5 heteroatoms. The Labute approximate surface area is 110 Å². The molecule has 0 aliphatic carbocycles. The van der Waals surface area contributed by atoms with E-state index in [1.165, 1.54) is 0 Å². The minimum atomic E-state index is -0.482. The van der Waals surface area contributed by atoms with E-state index in [4.69, 9.17) is 18.9 Å². The van der Waals surface area contributed by atoms with Gasteiger partial charge in [0.05, 0.1) is 19.8 Å². The lowest BCUT2D eigenvalue weighted by Gasteiger charge is -2.21. The first-order chi connectivity index (χ1) is 8.10. The highest BCUT2D eigenvalue weighted by atomic mass is 79.9. The molecular formula is C12H17BrO4. The van der Waals surface area contributed by atoms with E-state index < -0.39 is 6.29 Å². The van der Waals surface area contributed by atoms with Crippen LogP contribution in [-0.2, 0) is 9.47 Å². The summed E-state index contributed by atoms with van der Waals surface area (Å²) in [7, 11) is 6.40. The van der Waals surface area contributed by atoms with Gasteiger partial charge in [-0.15, -0.1) is 0 Å². The Balaban J connectivity index is 3.43. The van der Waals surface area contributed by atoms with Gasteiger partial charge in [0.15, 0.2) is 6.29 Å². The van der Waals surface area contributed by atoms with Crippen molar-refractivity contribution in [1.29, 1.82) is 0 Å². The first-order valence-corrected chi connectivity index (χ1v) is 5.86. The Morgan fingerprint density at radius 2 is 1.65 bits per heavy atom. The molecule has 0 unspecified atom stereocenters. The molecule has 0 heterocycles. The summed E-state index contributed by atoms with van der Waals surface area (Å²) in [4.78, 5) is 0. The number of hydrogen-bond acceptors (Lipinski definition) is 4. The molecular weight excluding hydrogens is 288 g/mol. The Kier molecular flexibility index (Phi) is 5.24. The number of methoxy groups -OCH3 is 4. The fourth-order valence-electron chi connectivity index (χ4n) is 1.75. The van der Waals surface area contributed by atoms with E-state index in [0.717, 1.165) is 21.3 Å². The van der Waals surface area contributed by atoms with Crippen LogP contribution in [0.25, 0.3) is 0 Å². The molecule has 0 saturated carbocycles. The van der Waals surface area contributed by atoms with Gasteiger partial charge in [-0.2, -0.15) is 0 Å². The van der Waals surface area contributed by atoms with Gasteiger partial charge >= 0.3 is 0 Å². The lowest BCUT2D eigenvalue weighted by atomic mass is 10.1. The Morgan fingerprint density at radius 1 is 1.06 bits per heavy atom. The van der Waals surface area contributed by atoms with Crippen molar-refractivity contribution in [2.24, 2.45) is 0 Å². The average Bonchev–Trinajstić information content (AvgIpc) is 2.34. The predicted octanol–water partition coefficient (Wildman–Crippen LogP) is 3.07. The summed E-state index contributed by atoms with van der Waals surface area (Å²) in [5.74, 6) is 1.45. The fourth-order valence-corrected chi connectivity index (χ4v) is 2.32. The molecule has 17 heavy (non-hydrogen) atoms. The molecule has 0 atom stereocenters. The lowest BCUT2D eigenvalue weighted by molar-refractivity contribution is -0.107. The fraction of sp³-hybridized carbons (Fsp3) is 0.500. The van der Waals surface area contributed by atoms with E-state index in [1.807, 2.05) is 13.0 Å². The van der Waals surface area contributed by atoms with Crippen molar-refractivity contribution in [3.05, 3.63) is 21.7 Å². The summed E-state index contributed by atoms with van der Waals surface area (Å²) < 4.78 is 22.0. The largest absolute Gasteiger partial charge is 0.496 e. The van der Waals surface area contributed by atoms with Crippen LogP contribution in [0.3, 0.4) is 0 Å². The molecule has 0 aliphatic rings. The second-order valence-corrected chi connectivity index (χ2v) is 4.29. The topological polar surface area (TPSA) is 36.9 Å². The predicted molar refractivity (Wildman–Crippen MR) is 68.7 cm³/mol. The first kappa shape index (κ1) is 14.3. The summed E-state index contributed by atoms with van der Waals surface area (Å²) in [5, 5.41) is 0. The molecule has 0 saturated heterocycles. The smallest absolute Gasteiger partial charge is 0.187 e. The van der Waals surface area contributed by atoms with Gasteiger partial charge in [-0.25, -0.2) is 0 Å². The molecule has 0 radical (unpaired) electrons. The molecule has 1 aromatic carbocycles. The molecule has 0 aliphatic heterocycles. The van der Waals surface area contributed by atoms with Gasteiger partial charge in [0.2, 0.25) is 0 Å². The number of ether oxygens (including phenoxy) is 4. The quantitative estimate of drug-likeness (QED) is 0.784. The van der Waals surface area contributed by atoms with Crippen molar-refractivity contribution in [3.63, 3.8) is 0 Å². The van der Waals surface area contributed by atoms with Gasteiger partial charge in [-0.05, 0) is 13.0 Å². The summed E-state index contributed by atoms with van der Waals surface area (Å²) >= 11 is 3.48. The third-order valence-electron chi connectivity index (χ3n) is 2.56. The summed E-state index contributed by atoms with van der Waals surface area (Å²) in [5.41, 5.74) is 1.73. The lowest BCUT2D eigenvalue weighted by Crippen LogP contribution is -2.08. The van der Waals surface area contributed by atoms with Gasteiger partial charge in [0.25, 0.3) is 0 Å².